The lowest BCUT2D eigenvalue weighted by Crippen LogP contribution is -2.49. The predicted octanol–water partition coefficient (Wildman–Crippen LogP) is 3.58. The Kier molecular flexibility index (Phi) is 6.53. The van der Waals surface area contributed by atoms with E-state index in [-0.39, 0.29) is 11.5 Å². The molecule has 0 bridgehead atoms. The second-order valence-electron chi connectivity index (χ2n) is 8.61. The minimum atomic E-state index is -3.95. The number of halogens is 1. The van der Waals surface area contributed by atoms with E-state index in [0.29, 0.717) is 39.3 Å². The third-order valence-corrected chi connectivity index (χ3v) is 8.51. The monoisotopic (exact) mass is 459 g/mol. The fraction of sp³-hybridized carbons (Fsp3) is 0.458. The van der Waals surface area contributed by atoms with Gasteiger partial charge in [-0.3, -0.25) is 4.79 Å². The molecule has 6 nitrogen and oxygen atoms in total. The molecule has 2 aromatic rings. The molecule has 0 spiro atoms. The Hall–Kier alpha value is -2.45. The Bertz CT molecular complexity index is 1110. The number of piperidine rings is 1. The van der Waals surface area contributed by atoms with Gasteiger partial charge in [-0.15, -0.1) is 0 Å². The van der Waals surface area contributed by atoms with Crippen LogP contribution in [0.4, 0.5) is 10.1 Å². The molecule has 32 heavy (non-hydrogen) atoms. The summed E-state index contributed by atoms with van der Waals surface area (Å²) in [7, 11) is -3.95. The van der Waals surface area contributed by atoms with Crippen molar-refractivity contribution in [2.24, 2.45) is 0 Å². The molecule has 0 aliphatic carbocycles. The molecule has 0 radical (unpaired) electrons. The van der Waals surface area contributed by atoms with Crippen LogP contribution in [0.15, 0.2) is 41.3 Å². The van der Waals surface area contributed by atoms with Gasteiger partial charge in [-0.1, -0.05) is 18.6 Å². The van der Waals surface area contributed by atoms with Gasteiger partial charge >= 0.3 is 0 Å². The number of sulfonamides is 1. The van der Waals surface area contributed by atoms with Crippen LogP contribution in [-0.4, -0.2) is 62.8 Å². The van der Waals surface area contributed by atoms with Crippen LogP contribution in [0, 0.1) is 19.7 Å². The summed E-state index contributed by atoms with van der Waals surface area (Å²) in [5.74, 6) is -1.08. The Morgan fingerprint density at radius 2 is 1.59 bits per heavy atom. The molecule has 1 amide bonds. The smallest absolute Gasteiger partial charge is 0.254 e. The van der Waals surface area contributed by atoms with Gasteiger partial charge < -0.3 is 9.80 Å². The normalized spacial score (nSPS) is 18.1. The van der Waals surface area contributed by atoms with Gasteiger partial charge in [0.1, 0.15) is 10.7 Å². The summed E-state index contributed by atoms with van der Waals surface area (Å²) in [4.78, 5) is 16.7. The number of nitrogens with zero attached hydrogens (tertiary/aromatic N) is 3. The zero-order valence-electron chi connectivity index (χ0n) is 18.7. The first-order valence-electron chi connectivity index (χ1n) is 11.2. The average molecular weight is 460 g/mol. The molecule has 2 saturated heterocycles. The molecule has 2 heterocycles. The zero-order chi connectivity index (χ0) is 22.9. The lowest BCUT2D eigenvalue weighted by atomic mass is 10.1. The molecule has 0 saturated carbocycles. The van der Waals surface area contributed by atoms with Crippen molar-refractivity contribution in [2.75, 3.05) is 44.2 Å². The van der Waals surface area contributed by atoms with E-state index in [0.717, 1.165) is 25.3 Å². The molecule has 8 heteroatoms. The summed E-state index contributed by atoms with van der Waals surface area (Å²) < 4.78 is 41.8. The maximum absolute atomic E-state index is 14.5. The number of carbonyl (C=O) groups excluding carboxylic acids is 1. The quantitative estimate of drug-likeness (QED) is 0.701. The van der Waals surface area contributed by atoms with Crippen LogP contribution < -0.4 is 4.90 Å². The lowest BCUT2D eigenvalue weighted by molar-refractivity contribution is 0.0746. The molecule has 2 aromatic carbocycles. The van der Waals surface area contributed by atoms with Crippen LogP contribution in [0.25, 0.3) is 0 Å². The Balaban J connectivity index is 1.50. The number of carbonyl (C=O) groups is 1. The fourth-order valence-corrected chi connectivity index (χ4v) is 6.10. The van der Waals surface area contributed by atoms with Gasteiger partial charge in [0.05, 0.1) is 0 Å². The summed E-state index contributed by atoms with van der Waals surface area (Å²) in [6.07, 6.45) is 2.51. The van der Waals surface area contributed by atoms with E-state index in [4.69, 9.17) is 0 Å². The maximum atomic E-state index is 14.5. The largest absolute Gasteiger partial charge is 0.368 e. The van der Waals surface area contributed by atoms with E-state index in [2.05, 4.69) is 30.9 Å². The summed E-state index contributed by atoms with van der Waals surface area (Å²) in [5, 5.41) is 0. The molecule has 0 atom stereocenters. The van der Waals surface area contributed by atoms with Gasteiger partial charge in [0.25, 0.3) is 5.91 Å². The van der Waals surface area contributed by atoms with Crippen LogP contribution in [-0.2, 0) is 10.0 Å². The van der Waals surface area contributed by atoms with Crippen LogP contribution in [0.2, 0.25) is 0 Å². The molecule has 0 unspecified atom stereocenters. The van der Waals surface area contributed by atoms with Gasteiger partial charge in [0.2, 0.25) is 10.0 Å². The zero-order valence-corrected chi connectivity index (χ0v) is 19.5. The van der Waals surface area contributed by atoms with Crippen molar-refractivity contribution < 1.29 is 17.6 Å². The van der Waals surface area contributed by atoms with Gasteiger partial charge in [0, 0.05) is 50.5 Å². The third kappa shape index (κ3) is 4.38. The summed E-state index contributed by atoms with van der Waals surface area (Å²) in [5.41, 5.74) is 3.85. The minimum Gasteiger partial charge on any atom is -0.368 e. The predicted molar refractivity (Wildman–Crippen MR) is 123 cm³/mol. The van der Waals surface area contributed by atoms with Crippen molar-refractivity contribution in [2.45, 2.75) is 38.0 Å². The number of piperazine rings is 1. The molecular formula is C24H30FN3O3S. The highest BCUT2D eigenvalue weighted by Crippen LogP contribution is 2.26. The first kappa shape index (κ1) is 22.7. The van der Waals surface area contributed by atoms with Crippen molar-refractivity contribution in [3.8, 4) is 0 Å². The minimum absolute atomic E-state index is 0.210. The number of aryl methyl sites for hydroxylation is 1. The lowest BCUT2D eigenvalue weighted by Gasteiger charge is -2.37. The van der Waals surface area contributed by atoms with Crippen molar-refractivity contribution in [3.63, 3.8) is 0 Å². The van der Waals surface area contributed by atoms with Crippen LogP contribution in [0.1, 0.15) is 40.7 Å². The summed E-state index contributed by atoms with van der Waals surface area (Å²) in [6, 6.07) is 9.90. The van der Waals surface area contributed by atoms with Gasteiger partial charge in [0.15, 0.2) is 0 Å². The van der Waals surface area contributed by atoms with Gasteiger partial charge in [-0.25, -0.2) is 12.8 Å². The van der Waals surface area contributed by atoms with E-state index < -0.39 is 20.7 Å². The van der Waals surface area contributed by atoms with Gasteiger partial charge in [-0.05, 0) is 62.1 Å². The third-order valence-electron chi connectivity index (χ3n) is 6.59. The van der Waals surface area contributed by atoms with E-state index in [1.54, 1.807) is 4.90 Å². The van der Waals surface area contributed by atoms with Crippen molar-refractivity contribution in [3.05, 3.63) is 58.9 Å². The second-order valence-corrected chi connectivity index (χ2v) is 10.5. The van der Waals surface area contributed by atoms with Crippen LogP contribution >= 0.6 is 0 Å². The summed E-state index contributed by atoms with van der Waals surface area (Å²) in [6.45, 7) is 7.40. The van der Waals surface area contributed by atoms with Crippen molar-refractivity contribution in [1.82, 2.24) is 9.21 Å². The SMILES string of the molecule is Cc1cccc(N2CCN(C(=O)c3ccc(F)c(S(=O)(=O)N4CCCCC4)c3)CC2)c1C. The fourth-order valence-electron chi connectivity index (χ4n) is 4.49. The van der Waals surface area contributed by atoms with E-state index in [9.17, 15) is 17.6 Å². The van der Waals surface area contributed by atoms with Crippen molar-refractivity contribution >= 4 is 21.6 Å². The molecule has 2 aliphatic rings. The Morgan fingerprint density at radius 1 is 0.906 bits per heavy atom. The average Bonchev–Trinajstić information content (AvgIpc) is 2.81. The summed E-state index contributed by atoms with van der Waals surface area (Å²) >= 11 is 0. The number of anilines is 1. The number of benzene rings is 2. The first-order chi connectivity index (χ1) is 15.3. The maximum Gasteiger partial charge on any atom is 0.254 e. The van der Waals surface area contributed by atoms with Gasteiger partial charge in [-0.2, -0.15) is 4.31 Å². The highest BCUT2D eigenvalue weighted by molar-refractivity contribution is 7.89. The standard InChI is InChI=1S/C24H30FN3O3S/c1-18-7-6-8-22(19(18)2)26-13-15-27(16-14-26)24(29)20-9-10-21(25)23(17-20)32(30,31)28-11-4-3-5-12-28/h6-10,17H,3-5,11-16H2,1-2H3. The topological polar surface area (TPSA) is 60.9 Å². The molecule has 172 valence electrons. The molecular weight excluding hydrogens is 429 g/mol. The van der Waals surface area contributed by atoms with E-state index in [1.807, 2.05) is 6.07 Å². The molecule has 4 rings (SSSR count). The number of hydrogen-bond donors (Lipinski definition) is 0. The van der Waals surface area contributed by atoms with Crippen LogP contribution in [0.5, 0.6) is 0 Å². The highest BCUT2D eigenvalue weighted by Gasteiger charge is 2.30. The molecule has 2 fully saturated rings. The van der Waals surface area contributed by atoms with Crippen LogP contribution in [0.3, 0.4) is 0 Å². The molecule has 0 N–H and O–H groups in total. The number of amides is 1. The number of rotatable bonds is 4. The van der Waals surface area contributed by atoms with Crippen molar-refractivity contribution in [1.29, 1.82) is 0 Å². The van der Waals surface area contributed by atoms with E-state index in [1.165, 1.54) is 33.3 Å². The second kappa shape index (κ2) is 9.19. The number of hydrogen-bond acceptors (Lipinski definition) is 4. The Morgan fingerprint density at radius 3 is 2.28 bits per heavy atom. The Labute approximate surface area is 189 Å². The molecule has 0 aromatic heterocycles. The highest BCUT2D eigenvalue weighted by atomic mass is 32.2. The molecule has 2 aliphatic heterocycles. The first-order valence-corrected chi connectivity index (χ1v) is 12.6. The van der Waals surface area contributed by atoms with E-state index >= 15 is 0 Å².